The Morgan fingerprint density at radius 2 is 2.14 bits per heavy atom. The van der Waals surface area contributed by atoms with Crippen molar-refractivity contribution in [3.63, 3.8) is 0 Å². The van der Waals surface area contributed by atoms with Crippen LogP contribution in [0, 0.1) is 6.42 Å². The van der Waals surface area contributed by atoms with Crippen molar-refractivity contribution in [2.75, 3.05) is 6.26 Å². The number of primary amides is 1. The van der Waals surface area contributed by atoms with Gasteiger partial charge in [-0.1, -0.05) is 0 Å². The Kier molecular flexibility index (Phi) is 2.85. The Hall–Kier alpha value is -1.43. The highest BCUT2D eigenvalue weighted by Gasteiger charge is 2.09. The Morgan fingerprint density at radius 3 is 2.64 bits per heavy atom. The first-order valence-electron chi connectivity index (χ1n) is 3.69. The van der Waals surface area contributed by atoms with Crippen LogP contribution in [0.1, 0.15) is 5.56 Å². The van der Waals surface area contributed by atoms with Gasteiger partial charge in [0.2, 0.25) is 5.91 Å². The molecule has 1 aromatic rings. The number of rotatable bonds is 3. The van der Waals surface area contributed by atoms with E-state index in [2.05, 4.69) is 4.98 Å². The Bertz CT molecular complexity index is 453. The second-order valence-electron chi connectivity index (χ2n) is 2.77. The van der Waals surface area contributed by atoms with Gasteiger partial charge in [-0.25, -0.2) is 8.42 Å². The first-order valence-corrected chi connectivity index (χ1v) is 5.58. The van der Waals surface area contributed by atoms with E-state index in [1.807, 2.05) is 0 Å². The van der Waals surface area contributed by atoms with E-state index < -0.39 is 15.7 Å². The summed E-state index contributed by atoms with van der Waals surface area (Å²) in [5.41, 5.74) is 5.29. The Morgan fingerprint density at radius 1 is 1.50 bits per heavy atom. The molecule has 0 spiro atoms. The molecule has 1 rings (SSSR count). The fourth-order valence-corrected chi connectivity index (χ4v) is 1.48. The minimum absolute atomic E-state index is 0.0625. The minimum atomic E-state index is -3.30. The average molecular weight is 213 g/mol. The van der Waals surface area contributed by atoms with Crippen LogP contribution in [0.4, 0.5) is 0 Å². The molecule has 75 valence electrons. The number of nitrogens with two attached hydrogens (primary N) is 1. The number of aromatic nitrogens is 1. The van der Waals surface area contributed by atoms with Gasteiger partial charge in [-0.3, -0.25) is 9.78 Å². The van der Waals surface area contributed by atoms with E-state index in [4.69, 9.17) is 5.73 Å². The zero-order valence-electron chi connectivity index (χ0n) is 7.47. The third-order valence-corrected chi connectivity index (χ3v) is 2.55. The van der Waals surface area contributed by atoms with E-state index in [0.29, 0.717) is 5.56 Å². The largest absolute Gasteiger partial charge is 0.369 e. The fraction of sp³-hybridized carbons (Fsp3) is 0.125. The van der Waals surface area contributed by atoms with Crippen LogP contribution < -0.4 is 5.73 Å². The van der Waals surface area contributed by atoms with Crippen LogP contribution in [-0.2, 0) is 14.6 Å². The van der Waals surface area contributed by atoms with Gasteiger partial charge >= 0.3 is 0 Å². The summed E-state index contributed by atoms with van der Waals surface area (Å²) in [5, 5.41) is 0. The lowest BCUT2D eigenvalue weighted by molar-refractivity contribution is -0.114. The molecule has 14 heavy (non-hydrogen) atoms. The van der Waals surface area contributed by atoms with Crippen molar-refractivity contribution in [3.05, 3.63) is 30.4 Å². The Balaban J connectivity index is 3.08. The second-order valence-corrected chi connectivity index (χ2v) is 4.79. The predicted octanol–water partition coefficient (Wildman–Crippen LogP) is -0.477. The smallest absolute Gasteiger partial charge is 0.226 e. The van der Waals surface area contributed by atoms with Crippen molar-refractivity contribution >= 4 is 15.7 Å². The summed E-state index contributed by atoms with van der Waals surface area (Å²) in [5.74, 6) is -0.641. The summed E-state index contributed by atoms with van der Waals surface area (Å²) < 4.78 is 22.2. The molecule has 2 N–H and O–H groups in total. The van der Waals surface area contributed by atoms with Crippen molar-refractivity contribution < 1.29 is 13.2 Å². The summed E-state index contributed by atoms with van der Waals surface area (Å²) in [7, 11) is -3.30. The molecule has 0 saturated heterocycles. The quantitative estimate of drug-likeness (QED) is 0.734. The molecule has 0 unspecified atom stereocenters. The van der Waals surface area contributed by atoms with E-state index >= 15 is 0 Å². The first-order chi connectivity index (χ1) is 6.39. The summed E-state index contributed by atoms with van der Waals surface area (Å²) in [6.07, 6.45) is 4.76. The van der Waals surface area contributed by atoms with Gasteiger partial charge < -0.3 is 5.73 Å². The third kappa shape index (κ3) is 2.81. The predicted molar refractivity (Wildman–Crippen MR) is 49.9 cm³/mol. The number of amides is 1. The molecular weight excluding hydrogens is 204 g/mol. The molecule has 0 aromatic carbocycles. The maximum Gasteiger partial charge on any atom is 0.226 e. The van der Waals surface area contributed by atoms with Crippen LogP contribution in [0.15, 0.2) is 23.4 Å². The second kappa shape index (κ2) is 3.75. The topological polar surface area (TPSA) is 90.1 Å². The molecule has 0 bridgehead atoms. The van der Waals surface area contributed by atoms with E-state index in [1.165, 1.54) is 18.5 Å². The summed E-state index contributed by atoms with van der Waals surface area (Å²) in [4.78, 5) is 14.3. The van der Waals surface area contributed by atoms with Crippen molar-refractivity contribution in [2.45, 2.75) is 4.90 Å². The van der Waals surface area contributed by atoms with Crippen molar-refractivity contribution in [3.8, 4) is 0 Å². The lowest BCUT2D eigenvalue weighted by Crippen LogP contribution is -2.12. The van der Waals surface area contributed by atoms with E-state index in [9.17, 15) is 13.2 Å². The molecule has 1 amide bonds. The van der Waals surface area contributed by atoms with Crippen LogP contribution in [-0.4, -0.2) is 25.6 Å². The van der Waals surface area contributed by atoms with Gasteiger partial charge in [-0.15, -0.1) is 0 Å². The number of sulfone groups is 1. The number of nitrogens with zero attached hydrogens (tertiary/aromatic N) is 1. The number of hydrogen-bond acceptors (Lipinski definition) is 4. The maximum atomic E-state index is 11.1. The van der Waals surface area contributed by atoms with Gasteiger partial charge in [0.25, 0.3) is 0 Å². The van der Waals surface area contributed by atoms with Crippen LogP contribution in [0.25, 0.3) is 0 Å². The standard InChI is InChI=1S/C8H9N2O3S/c1-14(12,13)7-2-6(3-8(9)11)4-10-5-7/h2-5H,1H3,(H2,9,11). The van der Waals surface area contributed by atoms with Crippen molar-refractivity contribution in [1.29, 1.82) is 0 Å². The number of carbonyl (C=O) groups excluding carboxylic acids is 1. The lowest BCUT2D eigenvalue weighted by Gasteiger charge is -2.00. The van der Waals surface area contributed by atoms with Gasteiger partial charge in [0, 0.05) is 18.6 Å². The van der Waals surface area contributed by atoms with Gasteiger partial charge in [0.05, 0.1) is 11.3 Å². The Labute approximate surface area is 81.9 Å². The zero-order chi connectivity index (χ0) is 10.8. The molecule has 1 heterocycles. The molecular formula is C8H9N2O3S. The minimum Gasteiger partial charge on any atom is -0.369 e. The molecule has 1 radical (unpaired) electrons. The highest BCUT2D eigenvalue weighted by molar-refractivity contribution is 7.90. The monoisotopic (exact) mass is 213 g/mol. The molecule has 0 aliphatic heterocycles. The molecule has 0 saturated carbocycles. The molecule has 0 fully saturated rings. The zero-order valence-corrected chi connectivity index (χ0v) is 8.28. The summed E-state index contributed by atoms with van der Waals surface area (Å²) in [6.45, 7) is 0. The van der Waals surface area contributed by atoms with E-state index in [-0.39, 0.29) is 4.90 Å². The van der Waals surface area contributed by atoms with Gasteiger partial charge in [-0.05, 0) is 11.6 Å². The average Bonchev–Trinajstić information content (AvgIpc) is 2.01. The van der Waals surface area contributed by atoms with Gasteiger partial charge in [0.15, 0.2) is 9.84 Å². The van der Waals surface area contributed by atoms with Crippen LogP contribution in [0.3, 0.4) is 0 Å². The highest BCUT2D eigenvalue weighted by atomic mass is 32.2. The molecule has 0 atom stereocenters. The number of hydrogen-bond donors (Lipinski definition) is 1. The summed E-state index contributed by atoms with van der Waals surface area (Å²) in [6, 6.07) is 1.34. The van der Waals surface area contributed by atoms with Gasteiger partial charge in [-0.2, -0.15) is 0 Å². The molecule has 1 aromatic heterocycles. The maximum absolute atomic E-state index is 11.1. The molecule has 0 aliphatic carbocycles. The normalized spacial score (nSPS) is 11.2. The lowest BCUT2D eigenvalue weighted by atomic mass is 10.2. The number of carbonyl (C=O) groups is 1. The van der Waals surface area contributed by atoms with Crippen LogP contribution >= 0.6 is 0 Å². The van der Waals surface area contributed by atoms with Crippen LogP contribution in [0.2, 0.25) is 0 Å². The third-order valence-electron chi connectivity index (χ3n) is 1.47. The van der Waals surface area contributed by atoms with E-state index in [1.54, 1.807) is 0 Å². The van der Waals surface area contributed by atoms with Crippen molar-refractivity contribution in [1.82, 2.24) is 4.98 Å². The molecule has 5 nitrogen and oxygen atoms in total. The van der Waals surface area contributed by atoms with Crippen molar-refractivity contribution in [2.24, 2.45) is 5.73 Å². The first kappa shape index (κ1) is 10.6. The van der Waals surface area contributed by atoms with E-state index in [0.717, 1.165) is 12.7 Å². The fourth-order valence-electron chi connectivity index (χ4n) is 0.882. The molecule has 6 heteroatoms. The molecule has 0 aliphatic rings. The summed E-state index contributed by atoms with van der Waals surface area (Å²) >= 11 is 0. The van der Waals surface area contributed by atoms with Crippen LogP contribution in [0.5, 0.6) is 0 Å². The highest BCUT2D eigenvalue weighted by Crippen LogP contribution is 2.10. The van der Waals surface area contributed by atoms with Gasteiger partial charge in [0.1, 0.15) is 0 Å². The SMILES string of the molecule is CS(=O)(=O)c1cncc([CH]C(N)=O)c1. The number of pyridine rings is 1.